The monoisotopic (exact) mass is 351 g/mol. The van der Waals surface area contributed by atoms with Crippen LogP contribution in [0.2, 0.25) is 0 Å². The molecule has 0 radical (unpaired) electrons. The molecule has 0 spiro atoms. The lowest BCUT2D eigenvalue weighted by molar-refractivity contribution is 0.416. The predicted molar refractivity (Wildman–Crippen MR) is 108 cm³/mol. The molecule has 1 rings (SSSR count). The molecule has 136 valence electrons. The average Bonchev–Trinajstić information content (AvgIpc) is 2.61. The van der Waals surface area contributed by atoms with Crippen LogP contribution in [0.1, 0.15) is 57.4 Å². The minimum absolute atomic E-state index is 0.596. The Balaban J connectivity index is 2.31. The van der Waals surface area contributed by atoms with Crippen LogP contribution in [0.3, 0.4) is 0 Å². The minimum Gasteiger partial charge on any atom is -0.495 e. The Morgan fingerprint density at radius 3 is 2.62 bits per heavy atom. The zero-order chi connectivity index (χ0) is 17.6. The highest BCUT2D eigenvalue weighted by Gasteiger charge is 2.04. The van der Waals surface area contributed by atoms with Gasteiger partial charge in [-0.3, -0.25) is 0 Å². The summed E-state index contributed by atoms with van der Waals surface area (Å²) in [5, 5.41) is 6.61. The van der Waals surface area contributed by atoms with Gasteiger partial charge in [0.25, 0.3) is 0 Å². The van der Waals surface area contributed by atoms with E-state index < -0.39 is 0 Å². The van der Waals surface area contributed by atoms with Crippen LogP contribution in [0.15, 0.2) is 18.2 Å². The number of rotatable bonds is 13. The van der Waals surface area contributed by atoms with Crippen LogP contribution in [0.25, 0.3) is 0 Å². The van der Waals surface area contributed by atoms with Gasteiger partial charge in [-0.1, -0.05) is 57.3 Å². The van der Waals surface area contributed by atoms with Crippen molar-refractivity contribution in [1.29, 1.82) is 0 Å². The molecule has 1 aromatic rings. The van der Waals surface area contributed by atoms with E-state index in [1.54, 1.807) is 7.11 Å². The molecule has 0 bridgehead atoms. The fourth-order valence-corrected chi connectivity index (χ4v) is 2.77. The molecule has 4 N–H and O–H groups in total. The number of unbranched alkanes of at least 4 members (excludes halogenated alkanes) is 5. The Morgan fingerprint density at radius 1 is 1.17 bits per heavy atom. The standard InChI is InChI=1S/C19H33N3OS/c1-3-4-5-6-7-8-9-19(24)22-15-16-10-11-17(21-13-12-20)18(14-16)23-2/h10-11,14,21H,3-9,12-13,15,20H2,1-2H3,(H,22,24). The van der Waals surface area contributed by atoms with Gasteiger partial charge in [-0.2, -0.15) is 0 Å². The van der Waals surface area contributed by atoms with Crippen molar-refractivity contribution in [3.8, 4) is 5.75 Å². The van der Waals surface area contributed by atoms with Gasteiger partial charge >= 0.3 is 0 Å². The van der Waals surface area contributed by atoms with Crippen molar-refractivity contribution in [2.24, 2.45) is 5.73 Å². The van der Waals surface area contributed by atoms with E-state index in [0.717, 1.165) is 41.5 Å². The lowest BCUT2D eigenvalue weighted by Crippen LogP contribution is -2.20. The highest BCUT2D eigenvalue weighted by molar-refractivity contribution is 7.80. The van der Waals surface area contributed by atoms with Crippen LogP contribution in [0.5, 0.6) is 5.75 Å². The van der Waals surface area contributed by atoms with Gasteiger partial charge in [-0.15, -0.1) is 0 Å². The molecule has 0 saturated carbocycles. The Morgan fingerprint density at radius 2 is 1.92 bits per heavy atom. The van der Waals surface area contributed by atoms with Crippen molar-refractivity contribution in [1.82, 2.24) is 5.32 Å². The molecule has 0 aliphatic carbocycles. The topological polar surface area (TPSA) is 59.3 Å². The first-order chi connectivity index (χ1) is 11.7. The van der Waals surface area contributed by atoms with E-state index in [1.807, 2.05) is 12.1 Å². The van der Waals surface area contributed by atoms with Crippen LogP contribution < -0.4 is 21.1 Å². The number of ether oxygens (including phenoxy) is 1. The molecule has 0 heterocycles. The maximum absolute atomic E-state index is 5.52. The SMILES string of the molecule is CCCCCCCCC(=S)NCc1ccc(NCCN)c(OC)c1. The summed E-state index contributed by atoms with van der Waals surface area (Å²) in [4.78, 5) is 0.954. The van der Waals surface area contributed by atoms with Crippen LogP contribution in [0.4, 0.5) is 5.69 Å². The summed E-state index contributed by atoms with van der Waals surface area (Å²) in [5.74, 6) is 0.838. The van der Waals surface area contributed by atoms with Crippen molar-refractivity contribution in [3.05, 3.63) is 23.8 Å². The molecule has 0 saturated heterocycles. The molecule has 0 atom stereocenters. The maximum Gasteiger partial charge on any atom is 0.142 e. The number of hydrogen-bond acceptors (Lipinski definition) is 4. The fraction of sp³-hybridized carbons (Fsp3) is 0.632. The van der Waals surface area contributed by atoms with Crippen molar-refractivity contribution >= 4 is 22.9 Å². The van der Waals surface area contributed by atoms with E-state index in [2.05, 4.69) is 23.6 Å². The zero-order valence-corrected chi connectivity index (χ0v) is 16.0. The quantitative estimate of drug-likeness (QED) is 0.367. The van der Waals surface area contributed by atoms with E-state index >= 15 is 0 Å². The number of hydrogen-bond donors (Lipinski definition) is 3. The highest BCUT2D eigenvalue weighted by atomic mass is 32.1. The molecular formula is C19H33N3OS. The van der Waals surface area contributed by atoms with Crippen molar-refractivity contribution < 1.29 is 4.74 Å². The summed E-state index contributed by atoms with van der Waals surface area (Å²) >= 11 is 5.43. The first kappa shape index (κ1) is 20.7. The predicted octanol–water partition coefficient (Wildman–Crippen LogP) is 4.23. The van der Waals surface area contributed by atoms with Crippen LogP contribution in [0, 0.1) is 0 Å². The molecular weight excluding hydrogens is 318 g/mol. The van der Waals surface area contributed by atoms with Crippen LogP contribution in [-0.2, 0) is 6.54 Å². The number of nitrogens with two attached hydrogens (primary N) is 1. The largest absolute Gasteiger partial charge is 0.495 e. The summed E-state index contributed by atoms with van der Waals surface area (Å²) in [6.45, 7) is 4.31. The molecule has 1 aromatic carbocycles. The number of benzene rings is 1. The first-order valence-corrected chi connectivity index (χ1v) is 9.49. The van der Waals surface area contributed by atoms with E-state index in [9.17, 15) is 0 Å². The summed E-state index contributed by atoms with van der Waals surface area (Å²) in [6.07, 6.45) is 8.75. The van der Waals surface area contributed by atoms with E-state index in [-0.39, 0.29) is 0 Å². The van der Waals surface area contributed by atoms with E-state index in [0.29, 0.717) is 6.54 Å². The molecule has 0 aliphatic heterocycles. The molecule has 0 aromatic heterocycles. The van der Waals surface area contributed by atoms with Crippen LogP contribution >= 0.6 is 12.2 Å². The Hall–Kier alpha value is -1.33. The minimum atomic E-state index is 0.596. The number of anilines is 1. The molecule has 24 heavy (non-hydrogen) atoms. The van der Waals surface area contributed by atoms with Gasteiger partial charge in [0.15, 0.2) is 0 Å². The lowest BCUT2D eigenvalue weighted by Gasteiger charge is -2.13. The zero-order valence-electron chi connectivity index (χ0n) is 15.2. The second-order valence-corrected chi connectivity index (χ2v) is 6.54. The van der Waals surface area contributed by atoms with Gasteiger partial charge in [0, 0.05) is 19.6 Å². The van der Waals surface area contributed by atoms with Crippen LogP contribution in [-0.4, -0.2) is 25.2 Å². The highest BCUT2D eigenvalue weighted by Crippen LogP contribution is 2.25. The maximum atomic E-state index is 5.52. The number of thiocarbonyl (C=S) groups is 1. The Bertz CT molecular complexity index is 480. The fourth-order valence-electron chi connectivity index (χ4n) is 2.55. The van der Waals surface area contributed by atoms with E-state index in [1.165, 1.54) is 38.5 Å². The van der Waals surface area contributed by atoms with Gasteiger partial charge in [0.2, 0.25) is 0 Å². The summed E-state index contributed by atoms with van der Waals surface area (Å²) in [5.41, 5.74) is 7.66. The molecule has 0 aliphatic rings. The van der Waals surface area contributed by atoms with Gasteiger partial charge in [-0.25, -0.2) is 0 Å². The van der Waals surface area contributed by atoms with Crippen molar-refractivity contribution in [3.63, 3.8) is 0 Å². The average molecular weight is 352 g/mol. The third-order valence-corrected chi connectivity index (χ3v) is 4.32. The third kappa shape index (κ3) is 8.50. The first-order valence-electron chi connectivity index (χ1n) is 9.08. The van der Waals surface area contributed by atoms with Gasteiger partial charge in [0.05, 0.1) is 17.8 Å². The lowest BCUT2D eigenvalue weighted by atomic mass is 10.1. The molecule has 5 heteroatoms. The molecule has 0 unspecified atom stereocenters. The second kappa shape index (κ2) is 13.0. The van der Waals surface area contributed by atoms with Gasteiger partial charge in [0.1, 0.15) is 5.75 Å². The van der Waals surface area contributed by atoms with Crippen molar-refractivity contribution in [2.45, 2.75) is 58.4 Å². The second-order valence-electron chi connectivity index (χ2n) is 6.04. The smallest absolute Gasteiger partial charge is 0.142 e. The summed E-state index contributed by atoms with van der Waals surface area (Å²) in [6, 6.07) is 6.16. The summed E-state index contributed by atoms with van der Waals surface area (Å²) < 4.78 is 5.44. The van der Waals surface area contributed by atoms with Crippen molar-refractivity contribution in [2.75, 3.05) is 25.5 Å². The van der Waals surface area contributed by atoms with Gasteiger partial charge < -0.3 is 21.1 Å². The Labute approximate surface area is 152 Å². The normalized spacial score (nSPS) is 10.5. The number of nitrogens with one attached hydrogen (secondary N) is 2. The Kier molecular flexibility index (Phi) is 11.2. The third-order valence-electron chi connectivity index (χ3n) is 3.97. The van der Waals surface area contributed by atoms with Gasteiger partial charge in [-0.05, 0) is 30.5 Å². The molecule has 4 nitrogen and oxygen atoms in total. The summed E-state index contributed by atoms with van der Waals surface area (Å²) in [7, 11) is 1.68. The molecule has 0 amide bonds. The molecule has 0 fully saturated rings. The number of methoxy groups -OCH3 is 1. The van der Waals surface area contributed by atoms with E-state index in [4.69, 9.17) is 22.7 Å².